The summed E-state index contributed by atoms with van der Waals surface area (Å²) in [4.78, 5) is 79.9. The zero-order chi connectivity index (χ0) is 35.1. The first-order valence-electron chi connectivity index (χ1n) is 16.2. The van der Waals surface area contributed by atoms with Gasteiger partial charge in [-0.15, -0.1) is 5.06 Å². The van der Waals surface area contributed by atoms with E-state index in [1.54, 1.807) is 53.1 Å². The lowest BCUT2D eigenvalue weighted by atomic mass is 9.99. The van der Waals surface area contributed by atoms with Crippen molar-refractivity contribution in [1.82, 2.24) is 5.06 Å². The number of fused-ring (bicyclic) bond motifs is 2. The highest BCUT2D eigenvalue weighted by molar-refractivity contribution is 6.13. The molecular formula is C35H35N4O10+. The summed E-state index contributed by atoms with van der Waals surface area (Å²) in [6.07, 6.45) is 6.96. The van der Waals surface area contributed by atoms with Gasteiger partial charge in [0.25, 0.3) is 23.6 Å². The third kappa shape index (κ3) is 7.37. The number of ether oxygens (including phenoxy) is 1. The fraction of sp³-hybridized carbons (Fsp3) is 0.343. The topological polar surface area (TPSA) is 180 Å². The second-order valence-electron chi connectivity index (χ2n) is 11.7. The van der Waals surface area contributed by atoms with Gasteiger partial charge in [-0.25, -0.2) is 9.59 Å². The lowest BCUT2D eigenvalue weighted by molar-refractivity contribution is -0.662. The van der Waals surface area contributed by atoms with E-state index in [2.05, 4.69) is 6.92 Å². The molecule has 2 amide bonds. The molecule has 1 saturated heterocycles. The van der Waals surface area contributed by atoms with Crippen LogP contribution in [0.25, 0.3) is 21.8 Å². The van der Waals surface area contributed by atoms with E-state index in [1.807, 2.05) is 0 Å². The molecule has 0 bridgehead atoms. The Balaban J connectivity index is 1.62. The monoisotopic (exact) mass is 671 g/mol. The molecule has 254 valence electrons. The molecule has 14 heteroatoms. The summed E-state index contributed by atoms with van der Waals surface area (Å²) in [5, 5.41) is 24.6. The van der Waals surface area contributed by atoms with Crippen molar-refractivity contribution in [2.75, 3.05) is 0 Å². The van der Waals surface area contributed by atoms with Crippen LogP contribution < -0.4 is 9.30 Å². The first kappa shape index (κ1) is 34.5. The van der Waals surface area contributed by atoms with Gasteiger partial charge in [0.2, 0.25) is 11.0 Å². The van der Waals surface area contributed by atoms with E-state index in [-0.39, 0.29) is 35.6 Å². The van der Waals surface area contributed by atoms with Crippen molar-refractivity contribution in [3.8, 4) is 5.75 Å². The summed E-state index contributed by atoms with van der Waals surface area (Å²) >= 11 is 0. The number of imide groups is 1. The number of rotatable bonds is 15. The molecule has 0 saturated carbocycles. The maximum absolute atomic E-state index is 14.0. The van der Waals surface area contributed by atoms with Crippen LogP contribution in [0.4, 0.5) is 11.4 Å². The number of aromatic nitrogens is 1. The predicted molar refractivity (Wildman–Crippen MR) is 175 cm³/mol. The average Bonchev–Trinajstić information content (AvgIpc) is 3.40. The molecule has 1 unspecified atom stereocenters. The van der Waals surface area contributed by atoms with Crippen molar-refractivity contribution in [3.63, 3.8) is 0 Å². The van der Waals surface area contributed by atoms with Gasteiger partial charge in [-0.1, -0.05) is 69.7 Å². The van der Waals surface area contributed by atoms with Gasteiger partial charge in [0.15, 0.2) is 0 Å². The number of hydroxylamine groups is 2. The largest absolute Gasteiger partial charge is 0.408 e. The van der Waals surface area contributed by atoms with Crippen LogP contribution in [0.5, 0.6) is 5.75 Å². The SMILES string of the molecule is CCCCCCCCCC(C(=O)ON1C(=O)CCC1=O)[n+]1c2ccccc2c(C(=O)Oc2c([N+](=O)[O-])cccc2[N+](=O)[O-])c2ccccc21. The second kappa shape index (κ2) is 15.4. The van der Waals surface area contributed by atoms with Crippen LogP contribution >= 0.6 is 0 Å². The highest BCUT2D eigenvalue weighted by Gasteiger charge is 2.41. The molecule has 1 fully saturated rings. The van der Waals surface area contributed by atoms with Crippen molar-refractivity contribution in [3.05, 3.63) is 92.5 Å². The van der Waals surface area contributed by atoms with Crippen LogP contribution in [0.15, 0.2) is 66.7 Å². The standard InChI is InChI=1S/C35H35N4O10/c1-2-3-4-5-6-7-8-18-29(34(42)49-37-30(40)21-22-31(37)41)36-25-16-11-9-14-23(25)32(24-15-10-12-17-26(24)36)35(43)48-33-27(38(44)45)19-13-20-28(33)39(46)47/h9-17,19-20,29H,2-8,18,21-22H2,1H3/q+1. The first-order valence-corrected chi connectivity index (χ1v) is 16.2. The summed E-state index contributed by atoms with van der Waals surface area (Å²) in [7, 11) is 0. The van der Waals surface area contributed by atoms with Gasteiger partial charge < -0.3 is 9.57 Å². The molecule has 3 aromatic carbocycles. The first-order chi connectivity index (χ1) is 23.6. The van der Waals surface area contributed by atoms with E-state index in [4.69, 9.17) is 9.57 Å². The number of pyridine rings is 1. The zero-order valence-electron chi connectivity index (χ0n) is 26.9. The number of hydrogen-bond donors (Lipinski definition) is 0. The summed E-state index contributed by atoms with van der Waals surface area (Å²) in [6.45, 7) is 2.14. The molecular weight excluding hydrogens is 636 g/mol. The molecule has 1 atom stereocenters. The molecule has 2 heterocycles. The van der Waals surface area contributed by atoms with Gasteiger partial charge in [-0.3, -0.25) is 29.8 Å². The third-order valence-electron chi connectivity index (χ3n) is 8.48. The Hall–Kier alpha value is -5.79. The van der Waals surface area contributed by atoms with Crippen LogP contribution in [-0.4, -0.2) is 38.7 Å². The minimum Gasteiger partial charge on any atom is -0.408 e. The van der Waals surface area contributed by atoms with Crippen molar-refractivity contribution >= 4 is 56.9 Å². The van der Waals surface area contributed by atoms with E-state index in [0.717, 1.165) is 56.7 Å². The Kier molecular flexibility index (Phi) is 10.9. The second-order valence-corrected chi connectivity index (χ2v) is 11.7. The van der Waals surface area contributed by atoms with Crippen molar-refractivity contribution in [2.45, 2.75) is 77.2 Å². The summed E-state index contributed by atoms with van der Waals surface area (Å²) < 4.78 is 7.17. The minimum atomic E-state index is -1.09. The maximum Gasteiger partial charge on any atom is 0.401 e. The lowest BCUT2D eigenvalue weighted by Crippen LogP contribution is -2.48. The highest BCUT2D eigenvalue weighted by atomic mass is 16.7. The van der Waals surface area contributed by atoms with Crippen molar-refractivity contribution in [1.29, 1.82) is 0 Å². The quantitative estimate of drug-likeness (QED) is 0.0195. The number of nitro benzene ring substituents is 2. The summed E-state index contributed by atoms with van der Waals surface area (Å²) in [5.74, 6) is -3.96. The molecule has 49 heavy (non-hydrogen) atoms. The average molecular weight is 672 g/mol. The van der Waals surface area contributed by atoms with Gasteiger partial charge in [0.05, 0.1) is 26.2 Å². The summed E-state index contributed by atoms with van der Waals surface area (Å²) in [5.41, 5.74) is -0.789. The maximum atomic E-state index is 14.0. The summed E-state index contributed by atoms with van der Waals surface area (Å²) in [6, 6.07) is 15.3. The number of esters is 1. The molecule has 0 radical (unpaired) electrons. The molecule has 4 aromatic rings. The fourth-order valence-electron chi connectivity index (χ4n) is 6.13. The van der Waals surface area contributed by atoms with Gasteiger partial charge >= 0.3 is 23.3 Å². The number of hydrogen-bond acceptors (Lipinski definition) is 10. The number of carbonyl (C=O) groups excluding carboxylic acids is 4. The number of unbranched alkanes of at least 4 members (excludes halogenated alkanes) is 6. The Morgan fingerprint density at radius 2 is 1.29 bits per heavy atom. The normalized spacial score (nSPS) is 13.5. The van der Waals surface area contributed by atoms with Crippen molar-refractivity contribution < 1.29 is 43.2 Å². The van der Waals surface area contributed by atoms with Gasteiger partial charge in [0.1, 0.15) is 0 Å². The molecule has 1 aromatic heterocycles. The van der Waals surface area contributed by atoms with Gasteiger partial charge in [-0.2, -0.15) is 4.57 Å². The number of nitrogens with zero attached hydrogens (tertiary/aromatic N) is 4. The van der Waals surface area contributed by atoms with Crippen LogP contribution in [0, 0.1) is 20.2 Å². The predicted octanol–water partition coefficient (Wildman–Crippen LogP) is 6.61. The van der Waals surface area contributed by atoms with Crippen molar-refractivity contribution in [2.24, 2.45) is 0 Å². The Morgan fingerprint density at radius 1 is 0.776 bits per heavy atom. The third-order valence-corrected chi connectivity index (χ3v) is 8.48. The zero-order valence-corrected chi connectivity index (χ0v) is 26.9. The molecule has 0 aliphatic carbocycles. The van der Waals surface area contributed by atoms with E-state index >= 15 is 0 Å². The smallest absolute Gasteiger partial charge is 0.401 e. The molecule has 0 N–H and O–H groups in total. The molecule has 5 rings (SSSR count). The van der Waals surface area contributed by atoms with E-state index < -0.39 is 56.8 Å². The molecule has 0 spiro atoms. The highest BCUT2D eigenvalue weighted by Crippen LogP contribution is 2.38. The minimum absolute atomic E-state index is 0.0390. The van der Waals surface area contributed by atoms with Gasteiger partial charge in [-0.05, 0) is 24.6 Å². The van der Waals surface area contributed by atoms with Crippen LogP contribution in [0.3, 0.4) is 0 Å². The van der Waals surface area contributed by atoms with E-state index in [9.17, 15) is 39.4 Å². The molecule has 1 aliphatic rings. The molecule has 14 nitrogen and oxygen atoms in total. The van der Waals surface area contributed by atoms with Gasteiger partial charge in [0, 0.05) is 43.5 Å². The Labute approximate surface area is 280 Å². The van der Waals surface area contributed by atoms with Crippen LogP contribution in [0.1, 0.15) is 87.5 Å². The lowest BCUT2D eigenvalue weighted by Gasteiger charge is -2.19. The number of amides is 2. The fourth-order valence-corrected chi connectivity index (χ4v) is 6.13. The van der Waals surface area contributed by atoms with Crippen LogP contribution in [-0.2, 0) is 19.2 Å². The number of para-hydroxylation sites is 3. The number of benzene rings is 3. The Bertz CT molecular complexity index is 1850. The Morgan fingerprint density at radius 3 is 1.82 bits per heavy atom. The number of carbonyl (C=O) groups is 4. The molecule has 1 aliphatic heterocycles. The van der Waals surface area contributed by atoms with E-state index in [0.29, 0.717) is 22.5 Å². The van der Waals surface area contributed by atoms with E-state index in [1.165, 1.54) is 0 Å². The number of nitro groups is 2. The van der Waals surface area contributed by atoms with Crippen LogP contribution in [0.2, 0.25) is 0 Å².